The zero-order valence-electron chi connectivity index (χ0n) is 26.9. The van der Waals surface area contributed by atoms with Gasteiger partial charge in [0.05, 0.1) is 6.17 Å². The van der Waals surface area contributed by atoms with Gasteiger partial charge in [0.25, 0.3) is 0 Å². The molecule has 3 nitrogen and oxygen atoms in total. The first-order valence-corrected chi connectivity index (χ1v) is 17.0. The maximum atomic E-state index is 7.05. The number of dihydropyridines is 1. The summed E-state index contributed by atoms with van der Waals surface area (Å²) in [5.41, 5.74) is 18.9. The lowest BCUT2D eigenvalue weighted by molar-refractivity contribution is 0.362. The van der Waals surface area contributed by atoms with Crippen molar-refractivity contribution in [1.82, 2.24) is 10.6 Å². The molecule has 0 spiro atoms. The molecule has 4 N–H and O–H groups in total. The van der Waals surface area contributed by atoms with Gasteiger partial charge >= 0.3 is 0 Å². The maximum Gasteiger partial charge on any atom is 0.105 e. The molecule has 47 heavy (non-hydrogen) atoms. The summed E-state index contributed by atoms with van der Waals surface area (Å²) in [6.45, 7) is 2.27. The largest absolute Gasteiger partial charge is 0.372 e. The van der Waals surface area contributed by atoms with Crippen molar-refractivity contribution in [2.24, 2.45) is 11.7 Å². The second-order valence-electron chi connectivity index (χ2n) is 12.9. The number of fused-ring (bicyclic) bond motifs is 2. The molecule has 2 aliphatic carbocycles. The Morgan fingerprint density at radius 3 is 2.23 bits per heavy atom. The molecule has 5 aromatic carbocycles. The van der Waals surface area contributed by atoms with Crippen LogP contribution in [-0.4, -0.2) is 12.3 Å². The fourth-order valence-electron chi connectivity index (χ4n) is 8.05. The highest BCUT2D eigenvalue weighted by atomic mass is 15.2. The Balaban J connectivity index is 1.14. The molecule has 0 bridgehead atoms. The molecule has 3 heteroatoms. The van der Waals surface area contributed by atoms with Gasteiger partial charge in [0.15, 0.2) is 0 Å². The summed E-state index contributed by atoms with van der Waals surface area (Å²) in [4.78, 5) is 0. The number of nitrogens with one attached hydrogen (secondary N) is 2. The maximum absolute atomic E-state index is 7.05. The first-order valence-electron chi connectivity index (χ1n) is 17.0. The van der Waals surface area contributed by atoms with Gasteiger partial charge in [-0.3, -0.25) is 5.32 Å². The molecule has 3 unspecified atom stereocenters. The van der Waals surface area contributed by atoms with Crippen molar-refractivity contribution in [2.75, 3.05) is 0 Å². The molecule has 5 aromatic rings. The fourth-order valence-corrected chi connectivity index (χ4v) is 8.05. The van der Waals surface area contributed by atoms with E-state index in [0.717, 1.165) is 25.7 Å². The monoisotopic (exact) mass is 611 g/mol. The standard InChI is InChI=1S/C44H41N3/c1-2-32-35-18-8-10-22-39(35)42(40-23-11-9-19-36(32)40)31-17-12-16-30(28-31)33-25-26-41(38-21-7-6-20-37(33)38)43(45)47-44-34(24-13-27-46-44)29-14-4-3-5-15-29/h3-6,8-20,22-25,27-28,41,43-44,46-47H,2,7,21,26,45H2,1H3. The second kappa shape index (κ2) is 12.7. The molecule has 0 amide bonds. The minimum atomic E-state index is -0.193. The minimum absolute atomic E-state index is 0.0496. The van der Waals surface area contributed by atoms with Crippen molar-refractivity contribution in [3.05, 3.63) is 168 Å². The molecule has 1 heterocycles. The van der Waals surface area contributed by atoms with Gasteiger partial charge in [0.1, 0.15) is 6.17 Å². The summed E-state index contributed by atoms with van der Waals surface area (Å²) in [5.74, 6) is 0.223. The fraction of sp³-hybridized carbons (Fsp3) is 0.182. The van der Waals surface area contributed by atoms with Crippen LogP contribution >= 0.6 is 0 Å². The van der Waals surface area contributed by atoms with Crippen LogP contribution in [-0.2, 0) is 6.42 Å². The van der Waals surface area contributed by atoms with Crippen LogP contribution in [0.25, 0.3) is 43.8 Å². The van der Waals surface area contributed by atoms with Crippen molar-refractivity contribution in [1.29, 1.82) is 0 Å². The van der Waals surface area contributed by atoms with E-state index < -0.39 is 0 Å². The average Bonchev–Trinajstić information content (AvgIpc) is 3.14. The molecule has 0 aromatic heterocycles. The van der Waals surface area contributed by atoms with Crippen molar-refractivity contribution < 1.29 is 0 Å². The van der Waals surface area contributed by atoms with Gasteiger partial charge < -0.3 is 11.1 Å². The molecule has 8 rings (SSSR count). The molecule has 3 aliphatic rings. The van der Waals surface area contributed by atoms with Crippen LogP contribution in [0.3, 0.4) is 0 Å². The minimum Gasteiger partial charge on any atom is -0.372 e. The molecule has 232 valence electrons. The van der Waals surface area contributed by atoms with E-state index in [4.69, 9.17) is 5.73 Å². The molecular formula is C44H41N3. The van der Waals surface area contributed by atoms with Gasteiger partial charge in [0, 0.05) is 5.92 Å². The van der Waals surface area contributed by atoms with Crippen molar-refractivity contribution >= 4 is 32.7 Å². The van der Waals surface area contributed by atoms with E-state index in [0.29, 0.717) is 0 Å². The highest BCUT2D eigenvalue weighted by molar-refractivity contribution is 6.15. The van der Waals surface area contributed by atoms with E-state index in [9.17, 15) is 0 Å². The van der Waals surface area contributed by atoms with E-state index >= 15 is 0 Å². The third-order valence-corrected chi connectivity index (χ3v) is 10.2. The van der Waals surface area contributed by atoms with Crippen LogP contribution in [0.5, 0.6) is 0 Å². The highest BCUT2D eigenvalue weighted by Gasteiger charge is 2.31. The van der Waals surface area contributed by atoms with Crippen LogP contribution in [0.1, 0.15) is 42.9 Å². The average molecular weight is 612 g/mol. The number of hydrogen-bond acceptors (Lipinski definition) is 3. The normalized spacial score (nSPS) is 19.7. The number of nitrogens with two attached hydrogens (primary N) is 1. The van der Waals surface area contributed by atoms with Gasteiger partial charge in [-0.25, -0.2) is 0 Å². The lowest BCUT2D eigenvalue weighted by Crippen LogP contribution is -2.54. The van der Waals surface area contributed by atoms with Crippen LogP contribution in [0.15, 0.2) is 151 Å². The Morgan fingerprint density at radius 2 is 1.49 bits per heavy atom. The number of hydrogen-bond donors (Lipinski definition) is 3. The van der Waals surface area contributed by atoms with E-state index in [-0.39, 0.29) is 18.2 Å². The lowest BCUT2D eigenvalue weighted by Gasteiger charge is -2.36. The first-order chi connectivity index (χ1) is 23.2. The number of rotatable bonds is 7. The molecular weight excluding hydrogens is 571 g/mol. The SMILES string of the molecule is CCc1c2ccccc2c(-c2cccc(C3=CCC(C(N)NC4NC=CC=C4c4ccccc4)C4=C3C=CCC4)c2)c2ccccc12. The predicted octanol–water partition coefficient (Wildman–Crippen LogP) is 9.67. The van der Waals surface area contributed by atoms with Crippen molar-refractivity contribution in [3.8, 4) is 11.1 Å². The van der Waals surface area contributed by atoms with E-state index in [2.05, 4.69) is 151 Å². The van der Waals surface area contributed by atoms with Gasteiger partial charge in [-0.2, -0.15) is 0 Å². The summed E-state index contributed by atoms with van der Waals surface area (Å²) in [5, 5.41) is 12.6. The highest BCUT2D eigenvalue weighted by Crippen LogP contribution is 2.44. The van der Waals surface area contributed by atoms with Crippen LogP contribution < -0.4 is 16.4 Å². The second-order valence-corrected chi connectivity index (χ2v) is 12.9. The zero-order valence-corrected chi connectivity index (χ0v) is 26.9. The van der Waals surface area contributed by atoms with Crippen LogP contribution in [0.2, 0.25) is 0 Å². The van der Waals surface area contributed by atoms with Gasteiger partial charge in [-0.15, -0.1) is 0 Å². The Bertz CT molecular complexity index is 2070. The summed E-state index contributed by atoms with van der Waals surface area (Å²) in [6, 6.07) is 37.6. The van der Waals surface area contributed by atoms with Crippen molar-refractivity contribution in [2.45, 2.75) is 44.9 Å². The van der Waals surface area contributed by atoms with E-state index in [1.165, 1.54) is 71.7 Å². The van der Waals surface area contributed by atoms with Gasteiger partial charge in [-0.1, -0.05) is 134 Å². The summed E-state index contributed by atoms with van der Waals surface area (Å²) in [6.07, 6.45) is 17.1. The Morgan fingerprint density at radius 1 is 0.809 bits per heavy atom. The summed E-state index contributed by atoms with van der Waals surface area (Å²) >= 11 is 0. The molecule has 0 radical (unpaired) electrons. The van der Waals surface area contributed by atoms with E-state index in [1.807, 2.05) is 6.20 Å². The smallest absolute Gasteiger partial charge is 0.105 e. The summed E-state index contributed by atoms with van der Waals surface area (Å²) in [7, 11) is 0. The number of allylic oxidation sites excluding steroid dienone is 7. The van der Waals surface area contributed by atoms with Crippen LogP contribution in [0.4, 0.5) is 0 Å². The molecule has 0 saturated carbocycles. The van der Waals surface area contributed by atoms with Crippen LogP contribution in [0, 0.1) is 5.92 Å². The third kappa shape index (κ3) is 5.36. The predicted molar refractivity (Wildman–Crippen MR) is 199 cm³/mol. The van der Waals surface area contributed by atoms with Gasteiger partial charge in [-0.05, 0) is 110 Å². The Kier molecular flexibility index (Phi) is 7.94. The molecule has 0 fully saturated rings. The molecule has 1 aliphatic heterocycles. The third-order valence-electron chi connectivity index (χ3n) is 10.2. The molecule has 3 atom stereocenters. The van der Waals surface area contributed by atoms with Gasteiger partial charge in [0.2, 0.25) is 0 Å². The topological polar surface area (TPSA) is 50.1 Å². The van der Waals surface area contributed by atoms with E-state index in [1.54, 1.807) is 0 Å². The summed E-state index contributed by atoms with van der Waals surface area (Å²) < 4.78 is 0. The Hall–Kier alpha value is -4.96. The lowest BCUT2D eigenvalue weighted by atomic mass is 9.75. The molecule has 0 saturated heterocycles. The first kappa shape index (κ1) is 29.4. The number of aryl methyl sites for hydroxylation is 1. The zero-order chi connectivity index (χ0) is 31.7. The quantitative estimate of drug-likeness (QED) is 0.127. The van der Waals surface area contributed by atoms with Crippen molar-refractivity contribution in [3.63, 3.8) is 0 Å². The Labute approximate surface area is 277 Å². The number of benzene rings is 5.